The summed E-state index contributed by atoms with van der Waals surface area (Å²) in [6, 6.07) is 0. The molecule has 4 aliphatic carbocycles. The van der Waals surface area contributed by atoms with Gasteiger partial charge in [0.1, 0.15) is 0 Å². The van der Waals surface area contributed by atoms with Crippen LogP contribution < -0.4 is 0 Å². The molecule has 0 heterocycles. The molecule has 31 heavy (non-hydrogen) atoms. The Bertz CT molecular complexity index is 758. The Morgan fingerprint density at radius 1 is 0.968 bits per heavy atom. The van der Waals surface area contributed by atoms with Gasteiger partial charge in [0, 0.05) is 16.7 Å². The minimum absolute atomic E-state index is 0.00738. The molecule has 8 atom stereocenters. The summed E-state index contributed by atoms with van der Waals surface area (Å²) in [4.78, 5) is 13.2. The third kappa shape index (κ3) is 3.22. The summed E-state index contributed by atoms with van der Waals surface area (Å²) >= 11 is 0. The average Bonchev–Trinajstić information content (AvgIpc) is 2.97. The van der Waals surface area contributed by atoms with Crippen LogP contribution in [-0.2, 0) is 4.79 Å². The number of carbonyl (C=O) groups is 1. The fourth-order valence-corrected chi connectivity index (χ4v) is 8.28. The van der Waals surface area contributed by atoms with E-state index in [-0.39, 0.29) is 17.1 Å². The minimum atomic E-state index is -1.16. The predicted octanol–water partition coefficient (Wildman–Crippen LogP) is 4.80. The quantitative estimate of drug-likeness (QED) is 0.583. The summed E-state index contributed by atoms with van der Waals surface area (Å²) in [5.74, 6) is 1.28. The van der Waals surface area contributed by atoms with E-state index in [1.165, 1.54) is 19.3 Å². The highest BCUT2D eigenvalue weighted by Crippen LogP contribution is 2.69. The molecule has 0 saturated heterocycles. The Kier molecular flexibility index (Phi) is 5.80. The molecule has 3 fully saturated rings. The van der Waals surface area contributed by atoms with Gasteiger partial charge >= 0.3 is 0 Å². The van der Waals surface area contributed by atoms with Crippen LogP contribution in [0.1, 0.15) is 98.8 Å². The van der Waals surface area contributed by atoms with Gasteiger partial charge in [0.05, 0.1) is 17.3 Å². The minimum Gasteiger partial charge on any atom is -0.393 e. The zero-order valence-electron chi connectivity index (χ0n) is 20.3. The lowest BCUT2D eigenvalue weighted by Gasteiger charge is -2.63. The predicted molar refractivity (Wildman–Crippen MR) is 122 cm³/mol. The van der Waals surface area contributed by atoms with Crippen LogP contribution in [0.15, 0.2) is 11.6 Å². The van der Waals surface area contributed by atoms with Crippen molar-refractivity contribution in [2.24, 2.45) is 34.5 Å². The Morgan fingerprint density at radius 3 is 2.32 bits per heavy atom. The zero-order chi connectivity index (χ0) is 22.8. The van der Waals surface area contributed by atoms with Gasteiger partial charge < -0.3 is 15.3 Å². The zero-order valence-corrected chi connectivity index (χ0v) is 20.3. The first-order valence-corrected chi connectivity index (χ1v) is 12.8. The van der Waals surface area contributed by atoms with Crippen LogP contribution in [0.2, 0.25) is 0 Å². The molecule has 0 aromatic heterocycles. The molecule has 4 heteroatoms. The molecular formula is C27H44O4. The van der Waals surface area contributed by atoms with Gasteiger partial charge in [-0.25, -0.2) is 0 Å². The Hall–Kier alpha value is -0.710. The summed E-state index contributed by atoms with van der Waals surface area (Å²) in [7, 11) is 0. The van der Waals surface area contributed by atoms with Crippen LogP contribution in [-0.4, -0.2) is 38.4 Å². The van der Waals surface area contributed by atoms with E-state index in [0.717, 1.165) is 12.8 Å². The first-order chi connectivity index (χ1) is 14.4. The van der Waals surface area contributed by atoms with Gasteiger partial charge in [0.2, 0.25) is 0 Å². The molecule has 0 amide bonds. The van der Waals surface area contributed by atoms with Crippen molar-refractivity contribution < 1.29 is 20.1 Å². The second-order valence-electron chi connectivity index (χ2n) is 12.4. The van der Waals surface area contributed by atoms with Crippen molar-refractivity contribution in [1.29, 1.82) is 0 Å². The van der Waals surface area contributed by atoms with E-state index in [1.807, 2.05) is 6.92 Å². The highest BCUT2D eigenvalue weighted by molar-refractivity contribution is 5.95. The topological polar surface area (TPSA) is 77.8 Å². The number of rotatable bonds is 5. The van der Waals surface area contributed by atoms with E-state index in [0.29, 0.717) is 55.4 Å². The summed E-state index contributed by atoms with van der Waals surface area (Å²) in [6.45, 7) is 11.1. The van der Waals surface area contributed by atoms with Crippen LogP contribution in [0, 0.1) is 34.5 Å². The maximum Gasteiger partial charge on any atom is 0.159 e. The molecule has 4 rings (SSSR count). The van der Waals surface area contributed by atoms with Crippen molar-refractivity contribution in [3.05, 3.63) is 11.6 Å². The molecule has 0 aliphatic heterocycles. The maximum atomic E-state index is 13.2. The Morgan fingerprint density at radius 2 is 1.65 bits per heavy atom. The monoisotopic (exact) mass is 432 g/mol. The van der Waals surface area contributed by atoms with Crippen LogP contribution in [0.5, 0.6) is 0 Å². The fraction of sp³-hybridized carbons (Fsp3) is 0.889. The third-order valence-corrected chi connectivity index (χ3v) is 10.5. The first kappa shape index (κ1) is 23.4. The van der Waals surface area contributed by atoms with E-state index in [4.69, 9.17) is 0 Å². The number of ketones is 1. The summed E-state index contributed by atoms with van der Waals surface area (Å²) in [5, 5.41) is 34.5. The van der Waals surface area contributed by atoms with Crippen LogP contribution >= 0.6 is 0 Å². The van der Waals surface area contributed by atoms with Crippen molar-refractivity contribution in [2.75, 3.05) is 0 Å². The highest BCUT2D eigenvalue weighted by atomic mass is 16.3. The van der Waals surface area contributed by atoms with Gasteiger partial charge in [-0.15, -0.1) is 0 Å². The summed E-state index contributed by atoms with van der Waals surface area (Å²) < 4.78 is 0. The fourth-order valence-electron chi connectivity index (χ4n) is 8.28. The standard InChI is InChI=1S/C27H44O4/c1-17(2)7-6-8-18(3)20-10-12-26(30)23-16-22(29)21-15-19(28)9-11-24(21,4)27(23,31)14-13-25(20,26)5/h16-21,28,30-31H,6-15H2,1-5H3/t18-,19+,20-,21-,24+,25-,26+,27+/m1/s1. The molecule has 0 aromatic rings. The maximum absolute atomic E-state index is 13.2. The number of allylic oxidation sites excluding steroid dienone is 1. The van der Waals surface area contributed by atoms with E-state index in [9.17, 15) is 20.1 Å². The first-order valence-electron chi connectivity index (χ1n) is 12.8. The van der Waals surface area contributed by atoms with E-state index >= 15 is 0 Å². The lowest BCUT2D eigenvalue weighted by Crippen LogP contribution is -2.68. The van der Waals surface area contributed by atoms with Gasteiger partial charge in [-0.05, 0) is 74.3 Å². The molecule has 0 radical (unpaired) electrons. The average molecular weight is 433 g/mol. The van der Waals surface area contributed by atoms with Gasteiger partial charge in [0.25, 0.3) is 0 Å². The Labute approximate surface area is 188 Å². The largest absolute Gasteiger partial charge is 0.393 e. The lowest BCUT2D eigenvalue weighted by atomic mass is 9.44. The van der Waals surface area contributed by atoms with Crippen molar-refractivity contribution >= 4 is 5.78 Å². The van der Waals surface area contributed by atoms with Crippen molar-refractivity contribution in [3.63, 3.8) is 0 Å². The second-order valence-corrected chi connectivity index (χ2v) is 12.4. The number of carbonyl (C=O) groups excluding carboxylic acids is 1. The normalized spacial score (nSPS) is 48.1. The van der Waals surface area contributed by atoms with Crippen molar-refractivity contribution in [1.82, 2.24) is 0 Å². The molecule has 0 unspecified atom stereocenters. The summed E-state index contributed by atoms with van der Waals surface area (Å²) in [5.41, 5.74) is -2.58. The summed E-state index contributed by atoms with van der Waals surface area (Å²) in [6.07, 6.45) is 9.40. The van der Waals surface area contributed by atoms with E-state index in [2.05, 4.69) is 27.7 Å². The van der Waals surface area contributed by atoms with Crippen LogP contribution in [0.25, 0.3) is 0 Å². The number of hydrogen-bond acceptors (Lipinski definition) is 4. The SMILES string of the molecule is CC(C)CCC[C@@H](C)[C@H]1CC[C@]2(O)C3=CC(=O)[C@H]4C[C@@H](O)CC[C@]4(C)[C@]3(O)CC[C@]12C. The van der Waals surface area contributed by atoms with Crippen molar-refractivity contribution in [3.8, 4) is 0 Å². The molecule has 0 aromatic carbocycles. The van der Waals surface area contributed by atoms with Gasteiger partial charge in [-0.3, -0.25) is 4.79 Å². The van der Waals surface area contributed by atoms with Crippen LogP contribution in [0.3, 0.4) is 0 Å². The third-order valence-electron chi connectivity index (χ3n) is 10.5. The van der Waals surface area contributed by atoms with Gasteiger partial charge in [-0.2, -0.15) is 0 Å². The highest BCUT2D eigenvalue weighted by Gasteiger charge is 2.71. The van der Waals surface area contributed by atoms with Crippen LogP contribution in [0.4, 0.5) is 0 Å². The van der Waals surface area contributed by atoms with Gasteiger partial charge in [0.15, 0.2) is 5.78 Å². The van der Waals surface area contributed by atoms with E-state index in [1.54, 1.807) is 6.08 Å². The number of aliphatic hydroxyl groups is 3. The number of hydrogen-bond donors (Lipinski definition) is 3. The Balaban J connectivity index is 1.66. The molecule has 0 bridgehead atoms. The smallest absolute Gasteiger partial charge is 0.159 e. The van der Waals surface area contributed by atoms with Gasteiger partial charge in [-0.1, -0.05) is 53.9 Å². The molecule has 3 N–H and O–H groups in total. The molecule has 4 aliphatic rings. The molecule has 4 nitrogen and oxygen atoms in total. The molecule has 0 spiro atoms. The molecule has 3 saturated carbocycles. The second kappa shape index (κ2) is 7.67. The number of fused-ring (bicyclic) bond motifs is 5. The molecule has 176 valence electrons. The van der Waals surface area contributed by atoms with Crippen molar-refractivity contribution in [2.45, 2.75) is 116 Å². The van der Waals surface area contributed by atoms with E-state index < -0.39 is 22.7 Å². The number of aliphatic hydroxyl groups excluding tert-OH is 1. The molecular weight excluding hydrogens is 388 g/mol. The lowest BCUT2D eigenvalue weighted by molar-refractivity contribution is -0.191.